The Morgan fingerprint density at radius 1 is 0.879 bits per heavy atom. The number of halogens is 1. The summed E-state index contributed by atoms with van der Waals surface area (Å²) in [6.07, 6.45) is 0. The van der Waals surface area contributed by atoms with Crippen LogP contribution in [-0.2, 0) is 9.59 Å². The van der Waals surface area contributed by atoms with E-state index in [-0.39, 0.29) is 13.2 Å². The maximum absolute atomic E-state index is 12.0. The Balaban J connectivity index is 1.38. The topological polar surface area (TPSA) is 120 Å². The quantitative estimate of drug-likeness (QED) is 0.466. The third kappa shape index (κ3) is 7.09. The van der Waals surface area contributed by atoms with Crippen LogP contribution in [0.4, 0.5) is 0 Å². The average Bonchev–Trinajstić information content (AvgIpc) is 2.85. The molecular formula is C24H19ClN4O4. The molecule has 8 nitrogen and oxygen atoms in total. The molecule has 0 aliphatic heterocycles. The first-order valence-electron chi connectivity index (χ1n) is 9.79. The number of nitriles is 1. The maximum Gasteiger partial charge on any atom is 0.276 e. The molecule has 0 heterocycles. The van der Waals surface area contributed by atoms with Crippen LogP contribution in [0, 0.1) is 11.3 Å². The summed E-state index contributed by atoms with van der Waals surface area (Å²) in [7, 11) is 0. The molecule has 3 N–H and O–H groups in total. The zero-order chi connectivity index (χ0) is 23.6. The van der Waals surface area contributed by atoms with Gasteiger partial charge in [0.05, 0.1) is 18.2 Å². The molecule has 0 aliphatic rings. The van der Waals surface area contributed by atoms with Gasteiger partial charge in [-0.05, 0) is 53.6 Å². The van der Waals surface area contributed by atoms with Gasteiger partial charge in [-0.3, -0.25) is 25.2 Å². The number of amides is 3. The number of ether oxygens (including phenoxy) is 1. The van der Waals surface area contributed by atoms with Crippen molar-refractivity contribution in [3.05, 3.63) is 88.9 Å². The lowest BCUT2D eigenvalue weighted by Crippen LogP contribution is -2.47. The number of hydrazine groups is 1. The molecule has 3 aromatic rings. The predicted molar refractivity (Wildman–Crippen MR) is 122 cm³/mol. The third-order valence-corrected chi connectivity index (χ3v) is 4.64. The van der Waals surface area contributed by atoms with E-state index in [1.54, 1.807) is 42.5 Å². The highest BCUT2D eigenvalue weighted by molar-refractivity contribution is 6.31. The summed E-state index contributed by atoms with van der Waals surface area (Å²) in [5, 5.41) is 11.7. The minimum absolute atomic E-state index is 0.314. The van der Waals surface area contributed by atoms with Crippen LogP contribution in [0.15, 0.2) is 72.8 Å². The van der Waals surface area contributed by atoms with Gasteiger partial charge in [0.2, 0.25) is 0 Å². The van der Waals surface area contributed by atoms with Crippen molar-refractivity contribution in [2.45, 2.75) is 0 Å². The second-order valence-electron chi connectivity index (χ2n) is 6.79. The molecule has 0 aromatic heterocycles. The third-order valence-electron chi connectivity index (χ3n) is 4.41. The first-order chi connectivity index (χ1) is 15.9. The van der Waals surface area contributed by atoms with Gasteiger partial charge in [0.25, 0.3) is 17.7 Å². The summed E-state index contributed by atoms with van der Waals surface area (Å²) < 4.78 is 5.41. The zero-order valence-electron chi connectivity index (χ0n) is 17.3. The molecule has 33 heavy (non-hydrogen) atoms. The zero-order valence-corrected chi connectivity index (χ0v) is 18.1. The second-order valence-corrected chi connectivity index (χ2v) is 7.23. The minimum atomic E-state index is -0.606. The molecule has 0 aliphatic carbocycles. The molecule has 0 spiro atoms. The Bertz CT molecular complexity index is 1190. The number of nitrogens with zero attached hydrogens (tertiary/aromatic N) is 1. The van der Waals surface area contributed by atoms with E-state index in [4.69, 9.17) is 21.6 Å². The minimum Gasteiger partial charge on any atom is -0.484 e. The lowest BCUT2D eigenvalue weighted by molar-refractivity contribution is -0.129. The molecule has 3 aromatic carbocycles. The summed E-state index contributed by atoms with van der Waals surface area (Å²) >= 11 is 5.83. The van der Waals surface area contributed by atoms with Crippen molar-refractivity contribution in [2.24, 2.45) is 0 Å². The smallest absolute Gasteiger partial charge is 0.276 e. The molecule has 0 bridgehead atoms. The van der Waals surface area contributed by atoms with Gasteiger partial charge in [0.15, 0.2) is 6.61 Å². The molecule has 0 unspecified atom stereocenters. The van der Waals surface area contributed by atoms with E-state index in [0.29, 0.717) is 21.9 Å². The standard InChI is InChI=1S/C24H19ClN4O4/c25-20-3-1-2-19(12-20)24(32)27-14-22(30)28-29-23(31)15-33-21-10-8-18(9-11-21)17-6-4-16(13-26)5-7-17/h1-12H,14-15H2,(H,27,32)(H,28,30)(H,29,31). The Labute approximate surface area is 195 Å². The molecule has 0 fully saturated rings. The van der Waals surface area contributed by atoms with Gasteiger partial charge in [-0.1, -0.05) is 41.9 Å². The molecule has 166 valence electrons. The van der Waals surface area contributed by atoms with Crippen LogP contribution < -0.4 is 20.9 Å². The van der Waals surface area contributed by atoms with Gasteiger partial charge in [-0.2, -0.15) is 5.26 Å². The molecule has 0 radical (unpaired) electrons. The lowest BCUT2D eigenvalue weighted by atomic mass is 10.0. The first-order valence-corrected chi connectivity index (χ1v) is 10.2. The first kappa shape index (κ1) is 23.3. The Morgan fingerprint density at radius 3 is 2.15 bits per heavy atom. The van der Waals surface area contributed by atoms with Gasteiger partial charge in [-0.25, -0.2) is 0 Å². The fourth-order valence-electron chi connectivity index (χ4n) is 2.74. The van der Waals surface area contributed by atoms with E-state index >= 15 is 0 Å². The maximum atomic E-state index is 12.0. The van der Waals surface area contributed by atoms with E-state index < -0.39 is 17.7 Å². The van der Waals surface area contributed by atoms with Crippen LogP contribution in [0.3, 0.4) is 0 Å². The summed E-state index contributed by atoms with van der Waals surface area (Å²) in [4.78, 5) is 35.7. The summed E-state index contributed by atoms with van der Waals surface area (Å²) in [6.45, 7) is -0.644. The molecule has 9 heteroatoms. The van der Waals surface area contributed by atoms with Crippen LogP contribution in [-0.4, -0.2) is 30.9 Å². The number of rotatable bonds is 7. The van der Waals surface area contributed by atoms with E-state index in [1.165, 1.54) is 6.07 Å². The Morgan fingerprint density at radius 2 is 1.52 bits per heavy atom. The van der Waals surface area contributed by atoms with Crippen molar-refractivity contribution >= 4 is 29.3 Å². The van der Waals surface area contributed by atoms with Crippen molar-refractivity contribution in [2.75, 3.05) is 13.2 Å². The highest BCUT2D eigenvalue weighted by Crippen LogP contribution is 2.22. The number of hydrogen-bond acceptors (Lipinski definition) is 5. The molecule has 3 amide bonds. The van der Waals surface area contributed by atoms with Gasteiger partial charge in [0.1, 0.15) is 5.75 Å². The normalized spacial score (nSPS) is 9.94. The predicted octanol–water partition coefficient (Wildman–Crippen LogP) is 2.83. The highest BCUT2D eigenvalue weighted by atomic mass is 35.5. The summed E-state index contributed by atoms with van der Waals surface area (Å²) in [5.41, 5.74) is 7.19. The van der Waals surface area contributed by atoms with Crippen LogP contribution in [0.5, 0.6) is 5.75 Å². The second kappa shape index (κ2) is 11.3. The van der Waals surface area contributed by atoms with Crippen molar-refractivity contribution in [3.8, 4) is 22.9 Å². The number of carbonyl (C=O) groups excluding carboxylic acids is 3. The summed E-state index contributed by atoms with van der Waals surface area (Å²) in [5.74, 6) is -1.17. The van der Waals surface area contributed by atoms with Crippen LogP contribution >= 0.6 is 11.6 Å². The van der Waals surface area contributed by atoms with Crippen LogP contribution in [0.25, 0.3) is 11.1 Å². The largest absolute Gasteiger partial charge is 0.484 e. The number of carbonyl (C=O) groups is 3. The highest BCUT2D eigenvalue weighted by Gasteiger charge is 2.10. The van der Waals surface area contributed by atoms with Crippen molar-refractivity contribution < 1.29 is 19.1 Å². The van der Waals surface area contributed by atoms with Crippen LogP contribution in [0.1, 0.15) is 15.9 Å². The molecular weight excluding hydrogens is 444 g/mol. The van der Waals surface area contributed by atoms with E-state index in [0.717, 1.165) is 11.1 Å². The van der Waals surface area contributed by atoms with E-state index in [9.17, 15) is 14.4 Å². The van der Waals surface area contributed by atoms with Crippen molar-refractivity contribution in [1.82, 2.24) is 16.2 Å². The van der Waals surface area contributed by atoms with Gasteiger partial charge < -0.3 is 10.1 Å². The van der Waals surface area contributed by atoms with E-state index in [1.807, 2.05) is 24.3 Å². The van der Waals surface area contributed by atoms with Gasteiger partial charge in [-0.15, -0.1) is 0 Å². The molecule has 0 saturated heterocycles. The van der Waals surface area contributed by atoms with Gasteiger partial charge in [0, 0.05) is 10.6 Å². The number of hydrogen-bond donors (Lipinski definition) is 3. The van der Waals surface area contributed by atoms with Crippen LogP contribution in [0.2, 0.25) is 5.02 Å². The fraction of sp³-hybridized carbons (Fsp3) is 0.0833. The number of benzene rings is 3. The number of nitrogens with one attached hydrogen (secondary N) is 3. The SMILES string of the molecule is N#Cc1ccc(-c2ccc(OCC(=O)NNC(=O)CNC(=O)c3cccc(Cl)c3)cc2)cc1. The average molecular weight is 463 g/mol. The van der Waals surface area contributed by atoms with Crippen molar-refractivity contribution in [3.63, 3.8) is 0 Å². The van der Waals surface area contributed by atoms with Gasteiger partial charge >= 0.3 is 0 Å². The fourth-order valence-corrected chi connectivity index (χ4v) is 2.93. The van der Waals surface area contributed by atoms with E-state index in [2.05, 4.69) is 22.2 Å². The lowest BCUT2D eigenvalue weighted by Gasteiger charge is -2.10. The Kier molecular flexibility index (Phi) is 8.00. The monoisotopic (exact) mass is 462 g/mol. The molecule has 0 atom stereocenters. The molecule has 3 rings (SSSR count). The Hall–Kier alpha value is -4.35. The van der Waals surface area contributed by atoms with Crippen molar-refractivity contribution in [1.29, 1.82) is 5.26 Å². The summed E-state index contributed by atoms with van der Waals surface area (Å²) in [6, 6.07) is 22.6. The molecule has 0 saturated carbocycles.